The average molecular weight is 224 g/mol. The van der Waals surface area contributed by atoms with Gasteiger partial charge in [0.25, 0.3) is 0 Å². The van der Waals surface area contributed by atoms with Gasteiger partial charge in [0.15, 0.2) is 0 Å². The van der Waals surface area contributed by atoms with Gasteiger partial charge in [0, 0.05) is 4.88 Å². The van der Waals surface area contributed by atoms with Crippen molar-refractivity contribution in [2.75, 3.05) is 0 Å². The Balaban J connectivity index is 2.08. The number of rotatable bonds is 3. The fraction of sp³-hybridized carbons (Fsp3) is 0.692. The normalized spacial score (nSPS) is 20.4. The zero-order valence-electron chi connectivity index (χ0n) is 9.41. The molecule has 0 amide bonds. The summed E-state index contributed by atoms with van der Waals surface area (Å²) in [5.41, 5.74) is 1.35. The summed E-state index contributed by atoms with van der Waals surface area (Å²) >= 11 is 1.73. The van der Waals surface area contributed by atoms with E-state index in [0.717, 1.165) is 6.42 Å². The first-order chi connectivity index (χ1) is 7.33. The number of hydrogen-bond acceptors (Lipinski definition) is 2. The Labute approximate surface area is 96.1 Å². The standard InChI is InChI=1S/C13H20OS/c1-2-10-8-9-15-13(10)12(14)11-6-4-3-5-7-11/h8-9,11-12,14H,2-7H2,1H3. The van der Waals surface area contributed by atoms with E-state index < -0.39 is 0 Å². The van der Waals surface area contributed by atoms with E-state index in [2.05, 4.69) is 18.4 Å². The van der Waals surface area contributed by atoms with E-state index in [1.54, 1.807) is 11.3 Å². The van der Waals surface area contributed by atoms with Crippen LogP contribution in [0.1, 0.15) is 55.6 Å². The van der Waals surface area contributed by atoms with Gasteiger partial charge in [-0.3, -0.25) is 0 Å². The highest BCUT2D eigenvalue weighted by Crippen LogP contribution is 2.37. The van der Waals surface area contributed by atoms with Gasteiger partial charge in [0.1, 0.15) is 0 Å². The third-order valence-electron chi connectivity index (χ3n) is 3.53. The SMILES string of the molecule is CCc1ccsc1C(O)C1CCCCC1. The van der Waals surface area contributed by atoms with Gasteiger partial charge >= 0.3 is 0 Å². The van der Waals surface area contributed by atoms with Crippen LogP contribution in [0, 0.1) is 5.92 Å². The van der Waals surface area contributed by atoms with Gasteiger partial charge in [0.05, 0.1) is 6.10 Å². The lowest BCUT2D eigenvalue weighted by atomic mass is 9.84. The zero-order chi connectivity index (χ0) is 10.7. The molecular formula is C13H20OS. The third kappa shape index (κ3) is 2.43. The van der Waals surface area contributed by atoms with Gasteiger partial charge in [-0.2, -0.15) is 0 Å². The molecule has 0 spiro atoms. The predicted octanol–water partition coefficient (Wildman–Crippen LogP) is 3.92. The van der Waals surface area contributed by atoms with Crippen LogP contribution in [-0.4, -0.2) is 5.11 Å². The minimum absolute atomic E-state index is 0.194. The molecule has 1 aromatic heterocycles. The summed E-state index contributed by atoms with van der Waals surface area (Å²) in [5, 5.41) is 12.5. The number of aliphatic hydroxyl groups excluding tert-OH is 1. The summed E-state index contributed by atoms with van der Waals surface area (Å²) in [4.78, 5) is 1.23. The van der Waals surface area contributed by atoms with E-state index in [-0.39, 0.29) is 6.10 Å². The second-order valence-corrected chi connectivity index (χ2v) is 5.45. The number of hydrogen-bond donors (Lipinski definition) is 1. The fourth-order valence-electron chi connectivity index (χ4n) is 2.56. The van der Waals surface area contributed by atoms with Gasteiger partial charge in [-0.15, -0.1) is 11.3 Å². The van der Waals surface area contributed by atoms with Gasteiger partial charge < -0.3 is 5.11 Å². The predicted molar refractivity (Wildman–Crippen MR) is 65.2 cm³/mol. The van der Waals surface area contributed by atoms with Crippen molar-refractivity contribution in [3.8, 4) is 0 Å². The Morgan fingerprint density at radius 3 is 2.80 bits per heavy atom. The molecule has 1 heterocycles. The van der Waals surface area contributed by atoms with Crippen molar-refractivity contribution in [3.05, 3.63) is 21.9 Å². The van der Waals surface area contributed by atoms with Crippen LogP contribution in [0.5, 0.6) is 0 Å². The van der Waals surface area contributed by atoms with Gasteiger partial charge in [-0.25, -0.2) is 0 Å². The summed E-state index contributed by atoms with van der Waals surface area (Å²) in [6.45, 7) is 2.17. The Morgan fingerprint density at radius 1 is 1.40 bits per heavy atom. The molecule has 84 valence electrons. The molecule has 0 radical (unpaired) electrons. The Morgan fingerprint density at radius 2 is 2.13 bits per heavy atom. The molecule has 1 aromatic rings. The van der Waals surface area contributed by atoms with Gasteiger partial charge in [-0.1, -0.05) is 26.2 Å². The number of aryl methyl sites for hydroxylation is 1. The van der Waals surface area contributed by atoms with Crippen molar-refractivity contribution in [2.45, 2.75) is 51.6 Å². The first-order valence-corrected chi connectivity index (χ1v) is 6.95. The maximum Gasteiger partial charge on any atom is 0.0912 e. The third-order valence-corrected chi connectivity index (χ3v) is 4.56. The zero-order valence-corrected chi connectivity index (χ0v) is 10.2. The monoisotopic (exact) mass is 224 g/mol. The Kier molecular flexibility index (Phi) is 3.81. The second kappa shape index (κ2) is 5.13. The van der Waals surface area contributed by atoms with E-state index in [4.69, 9.17) is 0 Å². The number of thiophene rings is 1. The highest BCUT2D eigenvalue weighted by Gasteiger charge is 2.25. The van der Waals surface area contributed by atoms with E-state index in [9.17, 15) is 5.11 Å². The summed E-state index contributed by atoms with van der Waals surface area (Å²) in [5.74, 6) is 0.516. The molecule has 0 aromatic carbocycles. The Hall–Kier alpha value is -0.340. The molecule has 1 saturated carbocycles. The molecule has 1 atom stereocenters. The second-order valence-electron chi connectivity index (χ2n) is 4.51. The molecule has 1 aliphatic rings. The Bertz CT molecular complexity index is 299. The lowest BCUT2D eigenvalue weighted by Gasteiger charge is -2.26. The molecule has 1 aliphatic carbocycles. The van der Waals surface area contributed by atoms with E-state index in [1.807, 2.05) is 0 Å². The molecular weight excluding hydrogens is 204 g/mol. The highest BCUT2D eigenvalue weighted by molar-refractivity contribution is 7.10. The molecule has 1 unspecified atom stereocenters. The van der Waals surface area contributed by atoms with Crippen LogP contribution in [0.25, 0.3) is 0 Å². The van der Waals surface area contributed by atoms with E-state index >= 15 is 0 Å². The lowest BCUT2D eigenvalue weighted by molar-refractivity contribution is 0.0872. The maximum absolute atomic E-state index is 10.4. The minimum Gasteiger partial charge on any atom is -0.387 e. The van der Waals surface area contributed by atoms with Crippen LogP contribution in [0.4, 0.5) is 0 Å². The molecule has 0 saturated heterocycles. The first kappa shape index (κ1) is 11.2. The van der Waals surface area contributed by atoms with Crippen molar-refractivity contribution >= 4 is 11.3 Å². The number of aliphatic hydroxyl groups is 1. The molecule has 1 nitrogen and oxygen atoms in total. The van der Waals surface area contributed by atoms with Crippen LogP contribution in [0.15, 0.2) is 11.4 Å². The van der Waals surface area contributed by atoms with Crippen molar-refractivity contribution in [3.63, 3.8) is 0 Å². The largest absolute Gasteiger partial charge is 0.387 e. The summed E-state index contributed by atoms with van der Waals surface area (Å²) in [6.07, 6.45) is 7.23. The molecule has 1 fully saturated rings. The minimum atomic E-state index is -0.194. The van der Waals surface area contributed by atoms with Gasteiger partial charge in [0.2, 0.25) is 0 Å². The smallest absolute Gasteiger partial charge is 0.0912 e. The quantitative estimate of drug-likeness (QED) is 0.825. The van der Waals surface area contributed by atoms with Crippen molar-refractivity contribution in [2.24, 2.45) is 5.92 Å². The molecule has 0 aliphatic heterocycles. The van der Waals surface area contributed by atoms with Crippen molar-refractivity contribution < 1.29 is 5.11 Å². The van der Waals surface area contributed by atoms with Crippen LogP contribution in [-0.2, 0) is 6.42 Å². The molecule has 0 bridgehead atoms. The maximum atomic E-state index is 10.4. The topological polar surface area (TPSA) is 20.2 Å². The highest BCUT2D eigenvalue weighted by atomic mass is 32.1. The van der Waals surface area contributed by atoms with Crippen LogP contribution >= 0.6 is 11.3 Å². The molecule has 2 heteroatoms. The van der Waals surface area contributed by atoms with Crippen molar-refractivity contribution in [1.82, 2.24) is 0 Å². The van der Waals surface area contributed by atoms with Crippen LogP contribution in [0.3, 0.4) is 0 Å². The lowest BCUT2D eigenvalue weighted by Crippen LogP contribution is -2.15. The average Bonchev–Trinajstić information content (AvgIpc) is 2.77. The molecule has 1 N–H and O–H groups in total. The molecule has 15 heavy (non-hydrogen) atoms. The van der Waals surface area contributed by atoms with E-state index in [0.29, 0.717) is 5.92 Å². The van der Waals surface area contributed by atoms with Crippen LogP contribution < -0.4 is 0 Å². The summed E-state index contributed by atoms with van der Waals surface area (Å²) in [6, 6.07) is 2.16. The summed E-state index contributed by atoms with van der Waals surface area (Å²) in [7, 11) is 0. The first-order valence-electron chi connectivity index (χ1n) is 6.07. The van der Waals surface area contributed by atoms with E-state index in [1.165, 1.54) is 42.5 Å². The van der Waals surface area contributed by atoms with Crippen molar-refractivity contribution in [1.29, 1.82) is 0 Å². The fourth-order valence-corrected chi connectivity index (χ4v) is 3.64. The van der Waals surface area contributed by atoms with Crippen LogP contribution in [0.2, 0.25) is 0 Å². The molecule has 2 rings (SSSR count). The van der Waals surface area contributed by atoms with Gasteiger partial charge in [-0.05, 0) is 42.2 Å². The summed E-state index contributed by atoms with van der Waals surface area (Å²) < 4.78 is 0.